The zero-order valence-electron chi connectivity index (χ0n) is 37.3. The fourth-order valence-corrected chi connectivity index (χ4v) is 4.50. The maximum atomic E-state index is 11.2. The lowest BCUT2D eigenvalue weighted by Crippen LogP contribution is -1.90. The fourth-order valence-electron chi connectivity index (χ4n) is 4.50. The van der Waals surface area contributed by atoms with Gasteiger partial charge < -0.3 is 9.53 Å². The second kappa shape index (κ2) is 37.4. The molecule has 0 bridgehead atoms. The van der Waals surface area contributed by atoms with E-state index in [2.05, 4.69) is 122 Å². The highest BCUT2D eigenvalue weighted by molar-refractivity contribution is 5.94. The van der Waals surface area contributed by atoms with Gasteiger partial charge in [-0.25, -0.2) is 0 Å². The van der Waals surface area contributed by atoms with Gasteiger partial charge in [-0.15, -0.1) is 0 Å². The maximum absolute atomic E-state index is 11.2. The lowest BCUT2D eigenvalue weighted by molar-refractivity contribution is -0.108. The number of Topliss-reactive ketones (excluding diaryl/α,β-unsaturated/α-hetero) is 1. The number of methoxy groups -OCH3 is 1. The van der Waals surface area contributed by atoms with E-state index in [0.717, 1.165) is 54.7 Å². The Kier molecular flexibility index (Phi) is 37.7. The number of aldehydes is 1. The second-order valence-electron chi connectivity index (χ2n) is 13.4. The number of ether oxygens (including phenoxy) is 1. The topological polar surface area (TPSA) is 55.7 Å². The molecule has 4 nitrogen and oxygen atoms in total. The summed E-state index contributed by atoms with van der Waals surface area (Å²) in [5.41, 5.74) is 10.9. The molecule has 0 heterocycles. The number of carbonyl (C=O) groups is 2. The highest BCUT2D eigenvalue weighted by atomic mass is 16.5. The van der Waals surface area contributed by atoms with E-state index in [9.17, 15) is 9.59 Å². The first-order valence-corrected chi connectivity index (χ1v) is 20.4. The van der Waals surface area contributed by atoms with Gasteiger partial charge in [0.15, 0.2) is 5.78 Å². The van der Waals surface area contributed by atoms with Crippen LogP contribution in [0.5, 0.6) is 0 Å². The maximum Gasteiger partial charge on any atom is 0.159 e. The van der Waals surface area contributed by atoms with Gasteiger partial charge >= 0.3 is 0 Å². The Morgan fingerprint density at radius 3 is 1.56 bits per heavy atom. The summed E-state index contributed by atoms with van der Waals surface area (Å²) in [6, 6.07) is 26.8. The van der Waals surface area contributed by atoms with Crippen molar-refractivity contribution in [2.75, 3.05) is 13.7 Å². The Labute approximate surface area is 333 Å². The smallest absolute Gasteiger partial charge is 0.159 e. The summed E-state index contributed by atoms with van der Waals surface area (Å²) in [5.74, 6) is 0.639. The quantitative estimate of drug-likeness (QED) is 0.0715. The monoisotopic (exact) mass is 742 g/mol. The number of rotatable bonds is 14. The molecule has 0 saturated heterocycles. The molecule has 0 saturated carbocycles. The molecule has 0 amide bonds. The van der Waals surface area contributed by atoms with Crippen LogP contribution in [-0.2, 0) is 22.4 Å². The van der Waals surface area contributed by atoms with Crippen LogP contribution in [0.4, 0.5) is 0 Å². The average Bonchev–Trinajstić information content (AvgIpc) is 3.18. The summed E-state index contributed by atoms with van der Waals surface area (Å²) < 4.78 is 4.78. The third-order valence-electron chi connectivity index (χ3n) is 8.10. The molecule has 3 rings (SSSR count). The fraction of sp³-hybridized carbons (Fsp3) is 0.500. The van der Waals surface area contributed by atoms with E-state index in [1.165, 1.54) is 53.5 Å². The number of benzene rings is 3. The standard InChI is InChI=1S/C16H16O.C14H25N.C8H10.C5H10O.C5H12O.C2H6/c1-3-13-4-6-15(7-5-13)16-10-8-14(9-11-16)12(2)17;1-7-9-11(3)10-13(5)15-14(6)12(4)8-2;1-2-8-6-4-3-5-7-8;1-5(2)3-4-6;1-3-4-5-6-2;1-2/h4-11H,3H2,1-2H3;10H,7-9H2,1-6H3;3-7H,2H2,1H3;4-5H,3H2,1-2H3;3-5H2,1-2H3;1-2H3/b;11-10+,14-12?,15-13?;;;;. The van der Waals surface area contributed by atoms with Gasteiger partial charge in [0.25, 0.3) is 0 Å². The number of unbranched alkanes of at least 4 members (excludes halogenated alkanes) is 1. The van der Waals surface area contributed by atoms with Crippen LogP contribution in [0, 0.1) is 5.92 Å². The van der Waals surface area contributed by atoms with Crippen molar-refractivity contribution in [1.82, 2.24) is 0 Å². The van der Waals surface area contributed by atoms with E-state index in [1.807, 2.05) is 58.0 Å². The van der Waals surface area contributed by atoms with Crippen molar-refractivity contribution in [3.05, 3.63) is 118 Å². The zero-order valence-corrected chi connectivity index (χ0v) is 37.3. The van der Waals surface area contributed by atoms with Crippen molar-refractivity contribution >= 4 is 17.8 Å². The second-order valence-corrected chi connectivity index (χ2v) is 13.4. The number of carbonyl (C=O) groups excluding carboxylic acids is 2. The first-order chi connectivity index (χ1) is 25.8. The molecule has 4 heteroatoms. The van der Waals surface area contributed by atoms with Gasteiger partial charge in [0.1, 0.15) is 6.29 Å². The lowest BCUT2D eigenvalue weighted by Gasteiger charge is -2.04. The van der Waals surface area contributed by atoms with E-state index in [-0.39, 0.29) is 5.78 Å². The van der Waals surface area contributed by atoms with E-state index in [1.54, 1.807) is 14.0 Å². The number of nitrogens with zero attached hydrogens (tertiary/aromatic N) is 1. The molecule has 0 aromatic heterocycles. The van der Waals surface area contributed by atoms with Crippen LogP contribution in [0.15, 0.2) is 107 Å². The van der Waals surface area contributed by atoms with Crippen molar-refractivity contribution in [2.45, 2.75) is 148 Å². The van der Waals surface area contributed by atoms with Crippen LogP contribution in [0.1, 0.15) is 157 Å². The lowest BCUT2D eigenvalue weighted by atomic mass is 10.0. The van der Waals surface area contributed by atoms with Crippen LogP contribution in [-0.4, -0.2) is 31.5 Å². The van der Waals surface area contributed by atoms with Gasteiger partial charge in [-0.2, -0.15) is 0 Å². The molecular weight excluding hydrogens is 663 g/mol. The third-order valence-corrected chi connectivity index (χ3v) is 8.10. The normalized spacial score (nSPS) is 11.0. The van der Waals surface area contributed by atoms with Crippen LogP contribution in [0.25, 0.3) is 11.1 Å². The SMILES string of the molecule is CC.CC(C)CC=O.CCC/C(C)=C/C(C)=NC(C)=C(C)CC.CCCCOC.CCc1ccc(-c2ccc(C(C)=O)cc2)cc1.CCc1ccccc1. The molecule has 0 aliphatic heterocycles. The molecule has 0 atom stereocenters. The van der Waals surface area contributed by atoms with Crippen LogP contribution >= 0.6 is 0 Å². The van der Waals surface area contributed by atoms with Crippen molar-refractivity contribution in [3.63, 3.8) is 0 Å². The van der Waals surface area contributed by atoms with Crippen LogP contribution in [0.2, 0.25) is 0 Å². The Hall–Kier alpha value is -3.89. The van der Waals surface area contributed by atoms with Crippen molar-refractivity contribution in [1.29, 1.82) is 0 Å². The van der Waals surface area contributed by atoms with E-state index >= 15 is 0 Å². The van der Waals surface area contributed by atoms with Gasteiger partial charge in [-0.1, -0.05) is 165 Å². The molecule has 0 radical (unpaired) electrons. The summed E-state index contributed by atoms with van der Waals surface area (Å²) in [7, 11) is 1.73. The number of hydrogen-bond acceptors (Lipinski definition) is 4. The van der Waals surface area contributed by atoms with E-state index < -0.39 is 0 Å². The average molecular weight is 742 g/mol. The van der Waals surface area contributed by atoms with Crippen molar-refractivity contribution in [2.24, 2.45) is 10.9 Å². The molecule has 0 spiro atoms. The number of hydrogen-bond donors (Lipinski definition) is 0. The van der Waals surface area contributed by atoms with Gasteiger partial charge in [0.2, 0.25) is 0 Å². The highest BCUT2D eigenvalue weighted by Gasteiger charge is 2.01. The van der Waals surface area contributed by atoms with Crippen molar-refractivity contribution in [3.8, 4) is 11.1 Å². The summed E-state index contributed by atoms with van der Waals surface area (Å²) in [4.78, 5) is 25.4. The number of allylic oxidation sites excluding steroid dienone is 4. The zero-order chi connectivity index (χ0) is 41.7. The summed E-state index contributed by atoms with van der Waals surface area (Å²) in [6.45, 7) is 29.9. The van der Waals surface area contributed by atoms with Gasteiger partial charge in [-0.3, -0.25) is 9.79 Å². The van der Waals surface area contributed by atoms with Gasteiger partial charge in [0, 0.05) is 37.1 Å². The van der Waals surface area contributed by atoms with Crippen LogP contribution < -0.4 is 0 Å². The molecule has 3 aromatic rings. The molecule has 302 valence electrons. The van der Waals surface area contributed by atoms with Crippen LogP contribution in [0.3, 0.4) is 0 Å². The Morgan fingerprint density at radius 2 is 1.22 bits per heavy atom. The predicted molar refractivity (Wildman–Crippen MR) is 241 cm³/mol. The van der Waals surface area contributed by atoms with E-state index in [0.29, 0.717) is 12.3 Å². The molecular formula is C50H79NO3. The number of ketones is 1. The molecule has 0 unspecified atom stereocenters. The molecule has 0 N–H and O–H groups in total. The predicted octanol–water partition coefficient (Wildman–Crippen LogP) is 15.0. The van der Waals surface area contributed by atoms with Crippen molar-refractivity contribution < 1.29 is 14.3 Å². The minimum absolute atomic E-state index is 0.109. The first kappa shape index (κ1) is 54.5. The molecule has 0 aliphatic rings. The summed E-state index contributed by atoms with van der Waals surface area (Å²) in [6.07, 6.45) is 11.9. The Morgan fingerprint density at radius 1 is 0.722 bits per heavy atom. The Balaban J connectivity index is -0.000000636. The molecule has 3 aromatic carbocycles. The van der Waals surface area contributed by atoms with Gasteiger partial charge in [-0.05, 0) is 101 Å². The third kappa shape index (κ3) is 30.6. The summed E-state index contributed by atoms with van der Waals surface area (Å²) in [5, 5.41) is 0. The molecule has 0 fully saturated rings. The van der Waals surface area contributed by atoms with E-state index in [4.69, 9.17) is 4.74 Å². The largest absolute Gasteiger partial charge is 0.385 e. The highest BCUT2D eigenvalue weighted by Crippen LogP contribution is 2.20. The molecule has 0 aliphatic carbocycles. The van der Waals surface area contributed by atoms with Gasteiger partial charge in [0.05, 0.1) is 0 Å². The number of aryl methyl sites for hydroxylation is 2. The first-order valence-electron chi connectivity index (χ1n) is 20.4. The molecule has 54 heavy (non-hydrogen) atoms. The summed E-state index contributed by atoms with van der Waals surface area (Å²) >= 11 is 0. The number of aliphatic imine (C=N–C) groups is 1. The Bertz CT molecular complexity index is 1410. The minimum Gasteiger partial charge on any atom is -0.385 e. The minimum atomic E-state index is 0.109.